The fourth-order valence-electron chi connectivity index (χ4n) is 2.84. The van der Waals surface area contributed by atoms with E-state index in [0.29, 0.717) is 4.34 Å². The maximum absolute atomic E-state index is 5.96. The van der Waals surface area contributed by atoms with Crippen molar-refractivity contribution in [1.82, 2.24) is 19.9 Å². The summed E-state index contributed by atoms with van der Waals surface area (Å²) in [7, 11) is 2.16. The highest BCUT2D eigenvalue weighted by molar-refractivity contribution is 7.18. The molecule has 0 aliphatic carbocycles. The average molecular weight is 460 g/mol. The molecule has 1 aliphatic rings. The largest absolute Gasteiger partial charge is 0.368 e. The Morgan fingerprint density at radius 1 is 0.964 bits per heavy atom. The standard InChI is InChI=1S/C18H19ClN6S.2ClH/c1-24-7-9-25(10-8-24)13-5-6-16(20-11-13)23-17-4-2-3-14(22-17)18-21-12-15(19)26-18;;/h2-6,11-12H,7-10H2,1H3,(H,20,22,23);2*1H. The van der Waals surface area contributed by atoms with E-state index in [1.54, 1.807) is 6.20 Å². The van der Waals surface area contributed by atoms with Crippen LogP contribution in [0.3, 0.4) is 0 Å². The van der Waals surface area contributed by atoms with E-state index in [9.17, 15) is 0 Å². The third kappa shape index (κ3) is 5.46. The SMILES string of the molecule is CN1CCN(c2ccc(Nc3cccc(-c4ncc(Cl)s4)n3)nc2)CC1.Cl.Cl. The Morgan fingerprint density at radius 2 is 1.75 bits per heavy atom. The molecule has 3 aromatic heterocycles. The third-order valence-corrected chi connectivity index (χ3v) is 5.46. The molecule has 3 aromatic rings. The van der Waals surface area contributed by atoms with Gasteiger partial charge in [0.05, 0.1) is 18.1 Å². The summed E-state index contributed by atoms with van der Waals surface area (Å²) in [6.45, 7) is 4.23. The number of nitrogens with zero attached hydrogens (tertiary/aromatic N) is 5. The Morgan fingerprint density at radius 3 is 2.39 bits per heavy atom. The van der Waals surface area contributed by atoms with Crippen LogP contribution in [0, 0.1) is 0 Å². The zero-order valence-corrected chi connectivity index (χ0v) is 18.4. The van der Waals surface area contributed by atoms with E-state index < -0.39 is 0 Å². The molecule has 1 fully saturated rings. The predicted molar refractivity (Wildman–Crippen MR) is 122 cm³/mol. The molecule has 28 heavy (non-hydrogen) atoms. The second-order valence-electron chi connectivity index (χ2n) is 6.19. The van der Waals surface area contributed by atoms with Crippen LogP contribution in [0.1, 0.15) is 0 Å². The summed E-state index contributed by atoms with van der Waals surface area (Å²) < 4.78 is 0.654. The van der Waals surface area contributed by atoms with Gasteiger partial charge < -0.3 is 15.1 Å². The number of piperazine rings is 1. The topological polar surface area (TPSA) is 57.2 Å². The van der Waals surface area contributed by atoms with E-state index in [0.717, 1.165) is 54.2 Å². The van der Waals surface area contributed by atoms with Gasteiger partial charge in [-0.3, -0.25) is 0 Å². The van der Waals surface area contributed by atoms with Gasteiger partial charge in [0.2, 0.25) is 0 Å². The molecule has 0 saturated carbocycles. The second-order valence-corrected chi connectivity index (χ2v) is 7.86. The van der Waals surface area contributed by atoms with Crippen LogP contribution in [-0.2, 0) is 0 Å². The third-order valence-electron chi connectivity index (χ3n) is 4.32. The Labute approximate surface area is 185 Å². The highest BCUT2D eigenvalue weighted by Gasteiger charge is 2.14. The smallest absolute Gasteiger partial charge is 0.143 e. The fourth-order valence-corrected chi connectivity index (χ4v) is 3.72. The number of halogens is 3. The maximum atomic E-state index is 5.96. The number of likely N-dealkylation sites (N-methyl/N-ethyl adjacent to an activating group) is 1. The van der Waals surface area contributed by atoms with Gasteiger partial charge in [0.1, 0.15) is 26.7 Å². The van der Waals surface area contributed by atoms with Crippen LogP contribution < -0.4 is 10.2 Å². The summed E-state index contributed by atoms with van der Waals surface area (Å²) in [6, 6.07) is 9.87. The first-order valence-corrected chi connectivity index (χ1v) is 9.62. The first-order chi connectivity index (χ1) is 12.7. The predicted octanol–water partition coefficient (Wildman–Crippen LogP) is 4.59. The molecule has 1 N–H and O–H groups in total. The molecule has 1 saturated heterocycles. The Balaban J connectivity index is 0.00000140. The Bertz CT molecular complexity index is 881. The number of thiazole rings is 1. The minimum absolute atomic E-state index is 0. The molecule has 1 aliphatic heterocycles. The van der Waals surface area contributed by atoms with Gasteiger partial charge in [-0.1, -0.05) is 17.7 Å². The lowest BCUT2D eigenvalue weighted by atomic mass is 10.3. The summed E-state index contributed by atoms with van der Waals surface area (Å²) in [6.07, 6.45) is 3.56. The van der Waals surface area contributed by atoms with E-state index in [2.05, 4.69) is 43.2 Å². The summed E-state index contributed by atoms with van der Waals surface area (Å²) in [5, 5.41) is 4.06. The lowest BCUT2D eigenvalue weighted by Crippen LogP contribution is -2.44. The number of rotatable bonds is 4. The van der Waals surface area contributed by atoms with Crippen LogP contribution in [0.5, 0.6) is 0 Å². The number of aromatic nitrogens is 3. The van der Waals surface area contributed by atoms with Gasteiger partial charge >= 0.3 is 0 Å². The number of hydrogen-bond donors (Lipinski definition) is 1. The monoisotopic (exact) mass is 458 g/mol. The van der Waals surface area contributed by atoms with Crippen molar-refractivity contribution in [2.24, 2.45) is 0 Å². The molecule has 0 spiro atoms. The van der Waals surface area contributed by atoms with Crippen molar-refractivity contribution in [3.63, 3.8) is 0 Å². The molecule has 10 heteroatoms. The molecule has 0 amide bonds. The lowest BCUT2D eigenvalue weighted by Gasteiger charge is -2.33. The van der Waals surface area contributed by atoms with Crippen molar-refractivity contribution in [1.29, 1.82) is 0 Å². The molecule has 4 rings (SSSR count). The van der Waals surface area contributed by atoms with Crippen LogP contribution in [0.4, 0.5) is 17.3 Å². The molecule has 4 heterocycles. The van der Waals surface area contributed by atoms with Crippen molar-refractivity contribution in [2.75, 3.05) is 43.4 Å². The normalized spacial score (nSPS) is 14.1. The fraction of sp³-hybridized carbons (Fsp3) is 0.278. The van der Waals surface area contributed by atoms with Crippen LogP contribution in [-0.4, -0.2) is 53.1 Å². The molecule has 0 unspecified atom stereocenters. The highest BCUT2D eigenvalue weighted by atomic mass is 35.5. The number of nitrogens with one attached hydrogen (secondary N) is 1. The van der Waals surface area contributed by atoms with Gasteiger partial charge in [-0.2, -0.15) is 0 Å². The first-order valence-electron chi connectivity index (χ1n) is 8.43. The number of pyridine rings is 2. The van der Waals surface area contributed by atoms with Crippen LogP contribution in [0.15, 0.2) is 42.7 Å². The van der Waals surface area contributed by atoms with E-state index in [1.807, 2.05) is 30.5 Å². The van der Waals surface area contributed by atoms with Gasteiger partial charge in [-0.15, -0.1) is 36.2 Å². The lowest BCUT2D eigenvalue weighted by molar-refractivity contribution is 0.313. The van der Waals surface area contributed by atoms with Crippen LogP contribution >= 0.6 is 47.8 Å². The average Bonchev–Trinajstić information content (AvgIpc) is 3.10. The van der Waals surface area contributed by atoms with Gasteiger partial charge in [0.25, 0.3) is 0 Å². The summed E-state index contributed by atoms with van der Waals surface area (Å²) in [5.41, 5.74) is 1.95. The molecule has 6 nitrogen and oxygen atoms in total. The number of anilines is 3. The Kier molecular flexibility index (Phi) is 8.27. The van der Waals surface area contributed by atoms with Crippen molar-refractivity contribution in [3.8, 4) is 10.7 Å². The summed E-state index contributed by atoms with van der Waals surface area (Å²) in [5.74, 6) is 1.50. The summed E-state index contributed by atoms with van der Waals surface area (Å²) in [4.78, 5) is 18.1. The zero-order valence-electron chi connectivity index (χ0n) is 15.2. The number of hydrogen-bond acceptors (Lipinski definition) is 7. The van der Waals surface area contributed by atoms with Crippen molar-refractivity contribution >= 4 is 65.1 Å². The maximum Gasteiger partial charge on any atom is 0.143 e. The van der Waals surface area contributed by atoms with Gasteiger partial charge in [0.15, 0.2) is 0 Å². The van der Waals surface area contributed by atoms with Crippen molar-refractivity contribution in [2.45, 2.75) is 0 Å². The van der Waals surface area contributed by atoms with E-state index in [1.165, 1.54) is 11.3 Å². The van der Waals surface area contributed by atoms with Gasteiger partial charge in [-0.25, -0.2) is 15.0 Å². The van der Waals surface area contributed by atoms with Gasteiger partial charge in [-0.05, 0) is 31.3 Å². The summed E-state index contributed by atoms with van der Waals surface area (Å²) >= 11 is 7.38. The molecule has 0 aromatic carbocycles. The molecular formula is C18H21Cl3N6S. The van der Waals surface area contributed by atoms with Crippen molar-refractivity contribution < 1.29 is 0 Å². The van der Waals surface area contributed by atoms with E-state index in [-0.39, 0.29) is 24.8 Å². The molecule has 0 atom stereocenters. The highest BCUT2D eigenvalue weighted by Crippen LogP contribution is 2.28. The van der Waals surface area contributed by atoms with E-state index in [4.69, 9.17) is 11.6 Å². The zero-order chi connectivity index (χ0) is 17.9. The Hall–Kier alpha value is -1.64. The first kappa shape index (κ1) is 22.6. The van der Waals surface area contributed by atoms with Crippen molar-refractivity contribution in [3.05, 3.63) is 47.1 Å². The van der Waals surface area contributed by atoms with Gasteiger partial charge in [0, 0.05) is 26.2 Å². The molecule has 0 bridgehead atoms. The van der Waals surface area contributed by atoms with Crippen LogP contribution in [0.25, 0.3) is 10.7 Å². The minimum atomic E-state index is 0. The molecular weight excluding hydrogens is 439 g/mol. The molecule has 0 radical (unpaired) electrons. The minimum Gasteiger partial charge on any atom is -0.368 e. The van der Waals surface area contributed by atoms with E-state index >= 15 is 0 Å². The quantitative estimate of drug-likeness (QED) is 0.616. The van der Waals surface area contributed by atoms with Crippen LogP contribution in [0.2, 0.25) is 4.34 Å². The second kappa shape index (κ2) is 10.2. The molecule has 150 valence electrons.